The Morgan fingerprint density at radius 2 is 1.75 bits per heavy atom. The van der Waals surface area contributed by atoms with E-state index in [4.69, 9.17) is 11.6 Å². The fourth-order valence-corrected chi connectivity index (χ4v) is 2.54. The summed E-state index contributed by atoms with van der Waals surface area (Å²) in [5.41, 5.74) is 1.83. The van der Waals surface area contributed by atoms with Crippen molar-refractivity contribution in [1.29, 1.82) is 0 Å². The van der Waals surface area contributed by atoms with E-state index in [0.717, 1.165) is 15.6 Å². The van der Waals surface area contributed by atoms with E-state index in [1.165, 1.54) is 0 Å². The number of carbonyl (C=O) groups is 1. The number of carbonyl (C=O) groups excluding carboxylic acids is 1. The quantitative estimate of drug-likeness (QED) is 0.800. The van der Waals surface area contributed by atoms with Crippen LogP contribution in [0.15, 0.2) is 59.1 Å². The Morgan fingerprint density at radius 1 is 1.10 bits per heavy atom. The Balaban J connectivity index is 2.04. The molecule has 1 amide bonds. The van der Waals surface area contributed by atoms with E-state index in [0.29, 0.717) is 0 Å². The molecule has 0 aromatic heterocycles. The molecule has 2 rings (SSSR count). The van der Waals surface area contributed by atoms with Crippen LogP contribution in [0.2, 0.25) is 0 Å². The van der Waals surface area contributed by atoms with Crippen LogP contribution < -0.4 is 5.32 Å². The van der Waals surface area contributed by atoms with Gasteiger partial charge >= 0.3 is 0 Å². The predicted octanol–water partition coefficient (Wildman–Crippen LogP) is 4.61. The Morgan fingerprint density at radius 3 is 2.40 bits per heavy atom. The fraction of sp³-hybridized carbons (Fsp3) is 0.188. The molecule has 0 bridgehead atoms. The number of amides is 1. The van der Waals surface area contributed by atoms with E-state index < -0.39 is 5.38 Å². The van der Waals surface area contributed by atoms with Crippen molar-refractivity contribution >= 4 is 33.4 Å². The zero-order valence-corrected chi connectivity index (χ0v) is 13.4. The second-order valence-electron chi connectivity index (χ2n) is 4.56. The molecule has 0 aliphatic heterocycles. The van der Waals surface area contributed by atoms with E-state index in [9.17, 15) is 4.79 Å². The summed E-state index contributed by atoms with van der Waals surface area (Å²) in [7, 11) is 0. The molecule has 2 nitrogen and oxygen atoms in total. The highest BCUT2D eigenvalue weighted by atomic mass is 79.9. The number of hydrogen-bond donors (Lipinski definition) is 1. The fourth-order valence-electron chi connectivity index (χ4n) is 1.92. The molecule has 2 atom stereocenters. The molecule has 2 unspecified atom stereocenters. The third-order valence-corrected chi connectivity index (χ3v) is 3.97. The van der Waals surface area contributed by atoms with Crippen molar-refractivity contribution in [2.24, 2.45) is 0 Å². The number of alkyl halides is 1. The Bertz CT molecular complexity index is 588. The average molecular weight is 353 g/mol. The lowest BCUT2D eigenvalue weighted by Crippen LogP contribution is -2.29. The van der Waals surface area contributed by atoms with Crippen LogP contribution in [-0.2, 0) is 4.79 Å². The van der Waals surface area contributed by atoms with E-state index in [1.807, 2.05) is 61.5 Å². The number of hydrogen-bond acceptors (Lipinski definition) is 1. The van der Waals surface area contributed by atoms with Gasteiger partial charge in [-0.15, -0.1) is 11.6 Å². The molecule has 0 aliphatic carbocycles. The third kappa shape index (κ3) is 3.84. The van der Waals surface area contributed by atoms with Gasteiger partial charge in [0.1, 0.15) is 5.38 Å². The summed E-state index contributed by atoms with van der Waals surface area (Å²) in [6.45, 7) is 1.94. The van der Waals surface area contributed by atoms with E-state index in [2.05, 4.69) is 21.2 Å². The monoisotopic (exact) mass is 351 g/mol. The molecule has 0 saturated carbocycles. The molecular formula is C16H15BrClNO. The minimum absolute atomic E-state index is 0.0926. The molecule has 0 aliphatic rings. The second-order valence-corrected chi connectivity index (χ2v) is 5.91. The number of halogens is 2. The molecule has 4 heteroatoms. The highest BCUT2D eigenvalue weighted by Crippen LogP contribution is 2.23. The van der Waals surface area contributed by atoms with Crippen molar-refractivity contribution in [2.45, 2.75) is 18.3 Å². The first kappa shape index (κ1) is 15.1. The molecule has 2 aromatic carbocycles. The van der Waals surface area contributed by atoms with Crippen molar-refractivity contribution in [3.63, 3.8) is 0 Å². The summed E-state index contributed by atoms with van der Waals surface area (Å²) in [4.78, 5) is 12.2. The van der Waals surface area contributed by atoms with Crippen LogP contribution in [-0.4, -0.2) is 5.91 Å². The van der Waals surface area contributed by atoms with Crippen molar-refractivity contribution in [2.75, 3.05) is 0 Å². The molecule has 0 spiro atoms. The Kier molecular flexibility index (Phi) is 5.21. The van der Waals surface area contributed by atoms with Crippen LogP contribution in [0.25, 0.3) is 0 Å². The van der Waals surface area contributed by atoms with Crippen LogP contribution in [0, 0.1) is 0 Å². The van der Waals surface area contributed by atoms with E-state index >= 15 is 0 Å². The van der Waals surface area contributed by atoms with Gasteiger partial charge in [0.2, 0.25) is 5.91 Å². The zero-order chi connectivity index (χ0) is 14.5. The summed E-state index contributed by atoms with van der Waals surface area (Å²) in [5, 5.41) is 2.25. The van der Waals surface area contributed by atoms with Crippen LogP contribution >= 0.6 is 27.5 Å². The Labute approximate surface area is 132 Å². The standard InChI is InChI=1S/C16H15BrClNO/c1-11(13-8-5-9-14(17)10-13)19-16(20)15(18)12-6-3-2-4-7-12/h2-11,15H,1H3,(H,19,20). The van der Waals surface area contributed by atoms with E-state index in [1.54, 1.807) is 0 Å². The summed E-state index contributed by atoms with van der Waals surface area (Å²) in [5.74, 6) is -0.189. The molecule has 0 saturated heterocycles. The first-order valence-corrected chi connectivity index (χ1v) is 7.55. The highest BCUT2D eigenvalue weighted by molar-refractivity contribution is 9.10. The molecule has 0 heterocycles. The van der Waals surface area contributed by atoms with Gasteiger partial charge in [-0.2, -0.15) is 0 Å². The van der Waals surface area contributed by atoms with Crippen molar-refractivity contribution in [1.82, 2.24) is 5.32 Å². The van der Waals surface area contributed by atoms with Crippen molar-refractivity contribution < 1.29 is 4.79 Å². The van der Waals surface area contributed by atoms with Gasteiger partial charge in [-0.25, -0.2) is 0 Å². The number of nitrogens with one attached hydrogen (secondary N) is 1. The maximum Gasteiger partial charge on any atom is 0.243 e. The van der Waals surface area contributed by atoms with Crippen molar-refractivity contribution in [3.8, 4) is 0 Å². The van der Waals surface area contributed by atoms with Crippen LogP contribution in [0.1, 0.15) is 29.5 Å². The minimum Gasteiger partial charge on any atom is -0.348 e. The second kappa shape index (κ2) is 6.91. The van der Waals surface area contributed by atoms with Crippen LogP contribution in [0.3, 0.4) is 0 Å². The molecule has 0 radical (unpaired) electrons. The lowest BCUT2D eigenvalue weighted by molar-refractivity contribution is -0.121. The SMILES string of the molecule is CC(NC(=O)C(Cl)c1ccccc1)c1cccc(Br)c1. The third-order valence-electron chi connectivity index (χ3n) is 3.03. The van der Waals surface area contributed by atoms with Gasteiger partial charge in [0.25, 0.3) is 0 Å². The molecule has 1 N–H and O–H groups in total. The first-order valence-electron chi connectivity index (χ1n) is 6.33. The van der Waals surface area contributed by atoms with Gasteiger partial charge in [-0.1, -0.05) is 58.4 Å². The van der Waals surface area contributed by atoms with Crippen LogP contribution in [0.4, 0.5) is 0 Å². The normalized spacial score (nSPS) is 13.6. The van der Waals surface area contributed by atoms with Gasteiger partial charge in [0.05, 0.1) is 6.04 Å². The van der Waals surface area contributed by atoms with Gasteiger partial charge in [0.15, 0.2) is 0 Å². The topological polar surface area (TPSA) is 29.1 Å². The maximum absolute atomic E-state index is 12.2. The summed E-state index contributed by atoms with van der Waals surface area (Å²) in [6, 6.07) is 17.1. The van der Waals surface area contributed by atoms with Gasteiger partial charge in [-0.05, 0) is 30.2 Å². The van der Waals surface area contributed by atoms with E-state index in [-0.39, 0.29) is 11.9 Å². The summed E-state index contributed by atoms with van der Waals surface area (Å²) >= 11 is 9.62. The summed E-state index contributed by atoms with van der Waals surface area (Å²) in [6.07, 6.45) is 0. The predicted molar refractivity (Wildman–Crippen MR) is 85.7 cm³/mol. The summed E-state index contributed by atoms with van der Waals surface area (Å²) < 4.78 is 0.988. The minimum atomic E-state index is -0.675. The molecule has 20 heavy (non-hydrogen) atoms. The van der Waals surface area contributed by atoms with Gasteiger partial charge in [-0.3, -0.25) is 4.79 Å². The highest BCUT2D eigenvalue weighted by Gasteiger charge is 2.19. The van der Waals surface area contributed by atoms with Gasteiger partial charge in [0, 0.05) is 4.47 Å². The number of benzene rings is 2. The average Bonchev–Trinajstić information content (AvgIpc) is 2.47. The first-order chi connectivity index (χ1) is 9.58. The van der Waals surface area contributed by atoms with Crippen LogP contribution in [0.5, 0.6) is 0 Å². The lowest BCUT2D eigenvalue weighted by atomic mass is 10.1. The largest absolute Gasteiger partial charge is 0.348 e. The lowest BCUT2D eigenvalue weighted by Gasteiger charge is -2.17. The molecule has 2 aromatic rings. The molecule has 104 valence electrons. The molecule has 0 fully saturated rings. The number of rotatable bonds is 4. The van der Waals surface area contributed by atoms with Crippen molar-refractivity contribution in [3.05, 3.63) is 70.2 Å². The molecular weight excluding hydrogens is 338 g/mol. The zero-order valence-electron chi connectivity index (χ0n) is 11.0. The Hall–Kier alpha value is -1.32. The smallest absolute Gasteiger partial charge is 0.243 e. The van der Waals surface area contributed by atoms with Gasteiger partial charge < -0.3 is 5.32 Å². The maximum atomic E-state index is 12.2.